The normalized spacial score (nSPS) is 20.7. The van der Waals surface area contributed by atoms with Crippen LogP contribution in [-0.4, -0.2) is 40.4 Å². The first kappa shape index (κ1) is 15.7. The largest absolute Gasteiger partial charge is 0.338 e. The molecule has 0 spiro atoms. The first-order chi connectivity index (χ1) is 11.7. The highest BCUT2D eigenvalue weighted by Gasteiger charge is 2.28. The third-order valence-electron chi connectivity index (χ3n) is 4.88. The van der Waals surface area contributed by atoms with E-state index in [1.165, 1.54) is 16.1 Å². The standard InChI is InChI=1S/C18H22N4OS/c1-12-7-14(11-24-12)18(23)22-6-2-3-13(10-22)17-20-9-15-8-19-5-4-16(15)21-17/h7,9,11,13,19H,2-6,8,10H2,1H3. The molecule has 0 aliphatic carbocycles. The highest BCUT2D eigenvalue weighted by atomic mass is 32.1. The van der Waals surface area contributed by atoms with Crippen molar-refractivity contribution in [1.82, 2.24) is 20.2 Å². The van der Waals surface area contributed by atoms with Crippen LogP contribution < -0.4 is 5.32 Å². The van der Waals surface area contributed by atoms with E-state index >= 15 is 0 Å². The molecule has 2 aromatic heterocycles. The molecule has 1 atom stereocenters. The van der Waals surface area contributed by atoms with Crippen LogP contribution in [0.3, 0.4) is 0 Å². The monoisotopic (exact) mass is 342 g/mol. The Bertz CT molecular complexity index is 757. The van der Waals surface area contributed by atoms with E-state index in [0.717, 1.165) is 56.8 Å². The highest BCUT2D eigenvalue weighted by molar-refractivity contribution is 7.10. The van der Waals surface area contributed by atoms with Gasteiger partial charge in [0.05, 0.1) is 5.56 Å². The third kappa shape index (κ3) is 3.08. The van der Waals surface area contributed by atoms with Gasteiger partial charge in [-0.15, -0.1) is 11.3 Å². The number of carbonyl (C=O) groups is 1. The van der Waals surface area contributed by atoms with Crippen molar-refractivity contribution in [2.24, 2.45) is 0 Å². The molecule has 0 aromatic carbocycles. The lowest BCUT2D eigenvalue weighted by Crippen LogP contribution is -2.39. The Morgan fingerprint density at radius 2 is 2.38 bits per heavy atom. The number of carbonyl (C=O) groups excluding carboxylic acids is 1. The van der Waals surface area contributed by atoms with Gasteiger partial charge in [0.15, 0.2) is 0 Å². The lowest BCUT2D eigenvalue weighted by atomic mass is 9.96. The minimum Gasteiger partial charge on any atom is -0.338 e. The Morgan fingerprint density at radius 1 is 1.46 bits per heavy atom. The van der Waals surface area contributed by atoms with Crippen molar-refractivity contribution < 1.29 is 4.79 Å². The average Bonchev–Trinajstić information content (AvgIpc) is 3.07. The summed E-state index contributed by atoms with van der Waals surface area (Å²) in [5, 5.41) is 5.31. The quantitative estimate of drug-likeness (QED) is 0.911. The van der Waals surface area contributed by atoms with Gasteiger partial charge in [0.25, 0.3) is 5.91 Å². The maximum Gasteiger partial charge on any atom is 0.254 e. The Balaban J connectivity index is 1.51. The summed E-state index contributed by atoms with van der Waals surface area (Å²) in [4.78, 5) is 25.3. The molecular formula is C18H22N4OS. The zero-order chi connectivity index (χ0) is 16.5. The van der Waals surface area contributed by atoms with Crippen LogP contribution in [-0.2, 0) is 13.0 Å². The molecule has 0 radical (unpaired) electrons. The maximum atomic E-state index is 12.7. The SMILES string of the molecule is Cc1cc(C(=O)N2CCCC(c3ncc4c(n3)CCNC4)C2)cs1. The summed E-state index contributed by atoms with van der Waals surface area (Å²) in [7, 11) is 0. The second kappa shape index (κ2) is 6.61. The number of aromatic nitrogens is 2. The lowest BCUT2D eigenvalue weighted by Gasteiger charge is -2.32. The van der Waals surface area contributed by atoms with E-state index in [4.69, 9.17) is 4.98 Å². The summed E-state index contributed by atoms with van der Waals surface area (Å²) in [5.41, 5.74) is 3.20. The van der Waals surface area contributed by atoms with E-state index in [9.17, 15) is 4.79 Å². The predicted octanol–water partition coefficient (Wildman–Crippen LogP) is 2.51. The molecule has 2 aliphatic rings. The molecule has 1 amide bonds. The summed E-state index contributed by atoms with van der Waals surface area (Å²) in [6, 6.07) is 1.99. The zero-order valence-electron chi connectivity index (χ0n) is 13.9. The van der Waals surface area contributed by atoms with Gasteiger partial charge in [-0.05, 0) is 25.8 Å². The van der Waals surface area contributed by atoms with Gasteiger partial charge < -0.3 is 10.2 Å². The molecule has 1 N–H and O–H groups in total. The van der Waals surface area contributed by atoms with E-state index in [1.54, 1.807) is 11.3 Å². The first-order valence-corrected chi connectivity index (χ1v) is 9.48. The van der Waals surface area contributed by atoms with Gasteiger partial charge in [0.1, 0.15) is 5.82 Å². The molecule has 4 rings (SSSR count). The number of rotatable bonds is 2. The van der Waals surface area contributed by atoms with E-state index in [2.05, 4.69) is 10.3 Å². The molecule has 0 bridgehead atoms. The second-order valence-corrected chi connectivity index (χ2v) is 7.78. The maximum absolute atomic E-state index is 12.7. The van der Waals surface area contributed by atoms with Gasteiger partial charge in [-0.2, -0.15) is 0 Å². The van der Waals surface area contributed by atoms with Gasteiger partial charge >= 0.3 is 0 Å². The predicted molar refractivity (Wildman–Crippen MR) is 94.4 cm³/mol. The third-order valence-corrected chi connectivity index (χ3v) is 5.74. The molecule has 4 heterocycles. The number of nitrogens with zero attached hydrogens (tertiary/aromatic N) is 3. The Kier molecular flexibility index (Phi) is 4.33. The van der Waals surface area contributed by atoms with Crippen LogP contribution >= 0.6 is 11.3 Å². The molecule has 1 saturated heterocycles. The van der Waals surface area contributed by atoms with Crippen LogP contribution in [0.4, 0.5) is 0 Å². The van der Waals surface area contributed by atoms with Crippen LogP contribution in [0.1, 0.15) is 51.1 Å². The van der Waals surface area contributed by atoms with Gasteiger partial charge in [0.2, 0.25) is 0 Å². The topological polar surface area (TPSA) is 58.1 Å². The smallest absolute Gasteiger partial charge is 0.254 e. The van der Waals surface area contributed by atoms with Gasteiger partial charge in [-0.1, -0.05) is 0 Å². The average molecular weight is 342 g/mol. The number of piperidine rings is 1. The van der Waals surface area contributed by atoms with E-state index in [-0.39, 0.29) is 11.8 Å². The van der Waals surface area contributed by atoms with Gasteiger partial charge in [-0.25, -0.2) is 9.97 Å². The summed E-state index contributed by atoms with van der Waals surface area (Å²) in [6.07, 6.45) is 5.01. The Labute approximate surface area is 146 Å². The van der Waals surface area contributed by atoms with Crippen molar-refractivity contribution in [3.8, 4) is 0 Å². The number of thiophene rings is 1. The van der Waals surface area contributed by atoms with Crippen LogP contribution in [0.15, 0.2) is 17.6 Å². The molecule has 2 aromatic rings. The molecule has 126 valence electrons. The van der Waals surface area contributed by atoms with Gasteiger partial charge in [-0.3, -0.25) is 4.79 Å². The first-order valence-electron chi connectivity index (χ1n) is 8.60. The number of nitrogens with one attached hydrogen (secondary N) is 1. The molecule has 2 aliphatic heterocycles. The van der Waals surface area contributed by atoms with Crippen molar-refractivity contribution in [3.63, 3.8) is 0 Å². The van der Waals surface area contributed by atoms with Crippen molar-refractivity contribution in [3.05, 3.63) is 45.2 Å². The van der Waals surface area contributed by atoms with Crippen molar-refractivity contribution in [2.45, 2.75) is 38.6 Å². The fourth-order valence-electron chi connectivity index (χ4n) is 3.56. The number of fused-ring (bicyclic) bond motifs is 1. The van der Waals surface area contributed by atoms with Gasteiger partial charge in [0, 0.05) is 66.2 Å². The van der Waals surface area contributed by atoms with Crippen LogP contribution in [0, 0.1) is 6.92 Å². The summed E-state index contributed by atoms with van der Waals surface area (Å²) in [5.74, 6) is 1.31. The highest BCUT2D eigenvalue weighted by Crippen LogP contribution is 2.27. The Morgan fingerprint density at radius 3 is 3.21 bits per heavy atom. The molecule has 1 fully saturated rings. The Hall–Kier alpha value is -1.79. The summed E-state index contributed by atoms with van der Waals surface area (Å²) in [6.45, 7) is 5.44. The van der Waals surface area contributed by atoms with Crippen LogP contribution in [0.2, 0.25) is 0 Å². The fraction of sp³-hybridized carbons (Fsp3) is 0.500. The molecular weight excluding hydrogens is 320 g/mol. The van der Waals surface area contributed by atoms with Crippen molar-refractivity contribution in [2.75, 3.05) is 19.6 Å². The summed E-state index contributed by atoms with van der Waals surface area (Å²) < 4.78 is 0. The van der Waals surface area contributed by atoms with Crippen LogP contribution in [0.25, 0.3) is 0 Å². The second-order valence-electron chi connectivity index (χ2n) is 6.66. The zero-order valence-corrected chi connectivity index (χ0v) is 14.7. The molecule has 6 heteroatoms. The van der Waals surface area contributed by atoms with E-state index in [0.29, 0.717) is 0 Å². The lowest BCUT2D eigenvalue weighted by molar-refractivity contribution is 0.0705. The number of amides is 1. The number of likely N-dealkylation sites (tertiary alicyclic amines) is 1. The van der Waals surface area contributed by atoms with Crippen molar-refractivity contribution in [1.29, 1.82) is 0 Å². The minimum absolute atomic E-state index is 0.145. The van der Waals surface area contributed by atoms with E-state index in [1.807, 2.05) is 29.5 Å². The number of hydrogen-bond acceptors (Lipinski definition) is 5. The number of hydrogen-bond donors (Lipinski definition) is 1. The fourth-order valence-corrected chi connectivity index (χ4v) is 4.24. The molecule has 1 unspecified atom stereocenters. The number of aryl methyl sites for hydroxylation is 1. The van der Waals surface area contributed by atoms with Crippen LogP contribution in [0.5, 0.6) is 0 Å². The summed E-state index contributed by atoms with van der Waals surface area (Å²) >= 11 is 1.63. The molecule has 0 saturated carbocycles. The molecule has 5 nitrogen and oxygen atoms in total. The van der Waals surface area contributed by atoms with E-state index < -0.39 is 0 Å². The van der Waals surface area contributed by atoms with Crippen molar-refractivity contribution >= 4 is 17.2 Å². The minimum atomic E-state index is 0.145. The molecule has 24 heavy (non-hydrogen) atoms.